The number of benzene rings is 2. The quantitative estimate of drug-likeness (QED) is 0.235. The minimum atomic E-state index is -0.897. The zero-order valence-electron chi connectivity index (χ0n) is 25.3. The van der Waals surface area contributed by atoms with Crippen LogP contribution in [0.3, 0.4) is 0 Å². The van der Waals surface area contributed by atoms with Crippen LogP contribution in [0.15, 0.2) is 67.0 Å². The smallest absolute Gasteiger partial charge is 0.303 e. The molecule has 43 heavy (non-hydrogen) atoms. The Labute approximate surface area is 256 Å². The Hall–Kier alpha value is -3.89. The maximum atomic E-state index is 11.1. The van der Waals surface area contributed by atoms with E-state index in [1.165, 1.54) is 64.2 Å². The number of aromatic nitrogens is 1. The molecule has 7 heteroatoms. The van der Waals surface area contributed by atoms with Gasteiger partial charge in [0.15, 0.2) is 0 Å². The van der Waals surface area contributed by atoms with Crippen LogP contribution in [0, 0.1) is 18.3 Å². The molecule has 3 aromatic rings. The summed E-state index contributed by atoms with van der Waals surface area (Å²) in [6.45, 7) is 2.28. The number of pyridine rings is 1. The molecule has 2 fully saturated rings. The molecule has 2 aliphatic carbocycles. The van der Waals surface area contributed by atoms with Gasteiger partial charge in [-0.2, -0.15) is 5.26 Å². The first kappa shape index (κ1) is 32.0. The summed E-state index contributed by atoms with van der Waals surface area (Å²) < 4.78 is 12.0. The number of aliphatic carboxylic acids is 1. The van der Waals surface area contributed by atoms with Gasteiger partial charge >= 0.3 is 5.97 Å². The van der Waals surface area contributed by atoms with E-state index < -0.39 is 12.1 Å². The summed E-state index contributed by atoms with van der Waals surface area (Å²) in [5, 5.41) is 22.5. The number of aryl methyl sites for hydroxylation is 1. The third-order valence-corrected chi connectivity index (χ3v) is 8.31. The number of ether oxygens (including phenoxy) is 2. The largest absolute Gasteiger partial charge is 0.489 e. The van der Waals surface area contributed by atoms with E-state index in [1.807, 2.05) is 43.3 Å². The molecule has 228 valence electrons. The summed E-state index contributed by atoms with van der Waals surface area (Å²) in [6, 6.07) is 20.3. The number of hydrogen-bond acceptors (Lipinski definition) is 6. The number of carboxylic acid groups (broad SMARTS) is 1. The molecule has 0 saturated heterocycles. The predicted octanol–water partition coefficient (Wildman–Crippen LogP) is 8.07. The van der Waals surface area contributed by atoms with Crippen LogP contribution in [-0.2, 0) is 11.4 Å². The van der Waals surface area contributed by atoms with Gasteiger partial charge in [0.1, 0.15) is 30.3 Å². The second-order valence-electron chi connectivity index (χ2n) is 11.7. The third kappa shape index (κ3) is 10.7. The van der Waals surface area contributed by atoms with Gasteiger partial charge in [-0.25, -0.2) is 0 Å². The predicted molar refractivity (Wildman–Crippen MR) is 168 cm³/mol. The van der Waals surface area contributed by atoms with Crippen molar-refractivity contribution in [3.05, 3.63) is 89.2 Å². The van der Waals surface area contributed by atoms with Crippen molar-refractivity contribution < 1.29 is 19.4 Å². The van der Waals surface area contributed by atoms with Gasteiger partial charge in [-0.05, 0) is 68.4 Å². The molecule has 1 aromatic heterocycles. The number of nitrogens with zero attached hydrogens (tertiary/aromatic N) is 2. The topological polar surface area (TPSA) is 104 Å². The third-order valence-electron chi connectivity index (χ3n) is 8.31. The highest BCUT2D eigenvalue weighted by molar-refractivity contribution is 5.66. The second kappa shape index (κ2) is 17.3. The monoisotopic (exact) mass is 583 g/mol. The highest BCUT2D eigenvalue weighted by Gasteiger charge is 2.20. The lowest BCUT2D eigenvalue weighted by Gasteiger charge is -2.30. The lowest BCUT2D eigenvalue weighted by molar-refractivity contribution is -0.137. The van der Waals surface area contributed by atoms with Crippen molar-refractivity contribution in [3.63, 3.8) is 0 Å². The highest BCUT2D eigenvalue weighted by Crippen LogP contribution is 2.33. The molecule has 0 bridgehead atoms. The zero-order chi connectivity index (χ0) is 30.3. The maximum Gasteiger partial charge on any atom is 0.303 e. The van der Waals surface area contributed by atoms with Gasteiger partial charge < -0.3 is 19.9 Å². The lowest BCUT2D eigenvalue weighted by Crippen LogP contribution is -2.40. The van der Waals surface area contributed by atoms with Gasteiger partial charge in [-0.1, -0.05) is 68.9 Å². The molecular weight excluding hydrogens is 538 g/mol. The summed E-state index contributed by atoms with van der Waals surface area (Å²) in [7, 11) is 0. The van der Waals surface area contributed by atoms with Crippen LogP contribution in [0.5, 0.6) is 11.5 Å². The summed E-state index contributed by atoms with van der Waals surface area (Å²) >= 11 is 0. The first-order chi connectivity index (χ1) is 21.0. The molecule has 0 amide bonds. The Balaban J connectivity index is 0.000000269. The standard InChI is InChI=1S/C24H22N2O4.C12H23N/c1-17-5-2-3-7-21(17)22(10-11-24(27)28)30-23-13-20(9-8-19(23)14-25)29-16-18-6-4-12-26-15-18;1-3-7-11(8-4-1)13-12-9-5-2-6-10-12/h2-9,12-13,15,22H,10-11,16H2,1H3,(H,27,28);11-13H,1-10H2/t22-;/m1./s1. The van der Waals surface area contributed by atoms with Crippen molar-refractivity contribution in [2.75, 3.05) is 0 Å². The molecular formula is C36H45N3O4. The summed E-state index contributed by atoms with van der Waals surface area (Å²) in [5.41, 5.74) is 3.17. The van der Waals surface area contributed by atoms with E-state index in [9.17, 15) is 10.1 Å². The van der Waals surface area contributed by atoms with E-state index in [0.717, 1.165) is 28.8 Å². The van der Waals surface area contributed by atoms with Crippen molar-refractivity contribution in [1.82, 2.24) is 10.3 Å². The van der Waals surface area contributed by atoms with Crippen molar-refractivity contribution in [3.8, 4) is 17.6 Å². The zero-order valence-corrected chi connectivity index (χ0v) is 25.3. The first-order valence-corrected chi connectivity index (χ1v) is 15.8. The molecule has 2 aromatic carbocycles. The lowest BCUT2D eigenvalue weighted by atomic mass is 9.91. The van der Waals surface area contributed by atoms with Crippen LogP contribution in [0.4, 0.5) is 0 Å². The van der Waals surface area contributed by atoms with Gasteiger partial charge in [0.05, 0.1) is 5.56 Å². The molecule has 0 unspecified atom stereocenters. The number of nitriles is 1. The van der Waals surface area contributed by atoms with Crippen molar-refractivity contribution in [2.45, 2.75) is 109 Å². The fraction of sp³-hybridized carbons (Fsp3) is 0.472. The number of nitrogens with one attached hydrogen (secondary N) is 1. The first-order valence-electron chi connectivity index (χ1n) is 15.8. The molecule has 2 N–H and O–H groups in total. The van der Waals surface area contributed by atoms with Gasteiger partial charge in [-0.3, -0.25) is 9.78 Å². The number of carbonyl (C=O) groups is 1. The van der Waals surface area contributed by atoms with E-state index in [0.29, 0.717) is 23.7 Å². The number of rotatable bonds is 11. The SMILES string of the molecule is C1CCC(NC2CCCCC2)CC1.Cc1ccccc1[C@@H](CCC(=O)O)Oc1cc(OCc2cccnc2)ccc1C#N. The van der Waals surface area contributed by atoms with E-state index in [4.69, 9.17) is 14.6 Å². The van der Waals surface area contributed by atoms with Crippen molar-refractivity contribution in [2.24, 2.45) is 0 Å². The van der Waals surface area contributed by atoms with Gasteiger partial charge in [0, 0.05) is 42.5 Å². The Morgan fingerprint density at radius 1 is 1.00 bits per heavy atom. The highest BCUT2D eigenvalue weighted by atomic mass is 16.5. The fourth-order valence-corrected chi connectivity index (χ4v) is 5.94. The van der Waals surface area contributed by atoms with Crippen LogP contribution in [0.25, 0.3) is 0 Å². The molecule has 1 atom stereocenters. The molecule has 0 radical (unpaired) electrons. The van der Waals surface area contributed by atoms with Crippen LogP contribution < -0.4 is 14.8 Å². The Morgan fingerprint density at radius 2 is 1.70 bits per heavy atom. The van der Waals surface area contributed by atoms with Gasteiger partial charge in [-0.15, -0.1) is 0 Å². The molecule has 0 spiro atoms. The average Bonchev–Trinajstić information content (AvgIpc) is 3.04. The second-order valence-corrected chi connectivity index (χ2v) is 11.7. The average molecular weight is 584 g/mol. The number of hydrogen-bond donors (Lipinski definition) is 2. The normalized spacial score (nSPS) is 16.3. The summed E-state index contributed by atoms with van der Waals surface area (Å²) in [4.78, 5) is 15.2. The minimum absolute atomic E-state index is 0.0436. The van der Waals surface area contributed by atoms with E-state index in [2.05, 4.69) is 16.4 Å². The minimum Gasteiger partial charge on any atom is -0.489 e. The van der Waals surface area contributed by atoms with Crippen LogP contribution in [0.2, 0.25) is 0 Å². The van der Waals surface area contributed by atoms with E-state index in [1.54, 1.807) is 30.6 Å². The van der Waals surface area contributed by atoms with E-state index >= 15 is 0 Å². The molecule has 2 saturated carbocycles. The van der Waals surface area contributed by atoms with Gasteiger partial charge in [0.25, 0.3) is 0 Å². The van der Waals surface area contributed by atoms with Crippen molar-refractivity contribution >= 4 is 5.97 Å². The Kier molecular flexibility index (Phi) is 12.9. The Morgan fingerprint density at radius 3 is 2.30 bits per heavy atom. The molecule has 0 aliphatic heterocycles. The Bertz CT molecular complexity index is 1300. The van der Waals surface area contributed by atoms with Crippen LogP contribution in [0.1, 0.15) is 105 Å². The molecule has 7 nitrogen and oxygen atoms in total. The van der Waals surface area contributed by atoms with Crippen LogP contribution in [-0.4, -0.2) is 28.1 Å². The van der Waals surface area contributed by atoms with Crippen LogP contribution >= 0.6 is 0 Å². The molecule has 1 heterocycles. The molecule has 2 aliphatic rings. The summed E-state index contributed by atoms with van der Waals surface area (Å²) in [5.74, 6) is 0.0145. The van der Waals surface area contributed by atoms with E-state index in [-0.39, 0.29) is 12.8 Å². The molecule has 5 rings (SSSR count). The fourth-order valence-electron chi connectivity index (χ4n) is 5.94. The summed E-state index contributed by atoms with van der Waals surface area (Å²) in [6.07, 6.45) is 17.7. The van der Waals surface area contributed by atoms with Crippen molar-refractivity contribution in [1.29, 1.82) is 5.26 Å². The maximum absolute atomic E-state index is 11.1. The van der Waals surface area contributed by atoms with Gasteiger partial charge in [0.2, 0.25) is 0 Å². The number of carboxylic acids is 1.